The molecule has 0 fully saturated rings. The number of fused-ring (bicyclic) bond motifs is 1. The van der Waals surface area contributed by atoms with E-state index in [0.717, 1.165) is 20.8 Å². The van der Waals surface area contributed by atoms with E-state index >= 15 is 0 Å². The van der Waals surface area contributed by atoms with Crippen LogP contribution in [0.15, 0.2) is 23.4 Å². The summed E-state index contributed by atoms with van der Waals surface area (Å²) >= 11 is 1.50. The highest BCUT2D eigenvalue weighted by Crippen LogP contribution is 2.29. The molecule has 96 valence electrons. The molecule has 3 rings (SSSR count). The number of carbonyl (C=O) groups excluding carboxylic acids is 2. The zero-order valence-corrected chi connectivity index (χ0v) is 11.1. The van der Waals surface area contributed by atoms with Gasteiger partial charge in [0.15, 0.2) is 5.82 Å². The van der Waals surface area contributed by atoms with Crippen molar-refractivity contribution in [3.8, 4) is 0 Å². The van der Waals surface area contributed by atoms with Gasteiger partial charge in [0.05, 0.1) is 5.39 Å². The minimum absolute atomic E-state index is 0.357. The molecule has 0 bridgehead atoms. The molecule has 1 aliphatic rings. The fourth-order valence-corrected chi connectivity index (χ4v) is 2.79. The monoisotopic (exact) mass is 274 g/mol. The highest BCUT2D eigenvalue weighted by molar-refractivity contribution is 7.17. The number of aromatic nitrogens is 2. The number of hydrazine groups is 1. The van der Waals surface area contributed by atoms with E-state index in [1.807, 2.05) is 12.3 Å². The summed E-state index contributed by atoms with van der Waals surface area (Å²) < 4.78 is 0. The molecule has 0 atom stereocenters. The molecule has 6 nitrogen and oxygen atoms in total. The van der Waals surface area contributed by atoms with Gasteiger partial charge in [0.1, 0.15) is 11.2 Å². The molecule has 3 heterocycles. The van der Waals surface area contributed by atoms with Crippen molar-refractivity contribution in [2.45, 2.75) is 13.8 Å². The second-order valence-corrected chi connectivity index (χ2v) is 5.10. The maximum absolute atomic E-state index is 11.8. The average Bonchev–Trinajstić information content (AvgIpc) is 2.87. The van der Waals surface area contributed by atoms with Crippen molar-refractivity contribution < 1.29 is 9.59 Å². The van der Waals surface area contributed by atoms with E-state index in [2.05, 4.69) is 15.4 Å². The third kappa shape index (κ3) is 1.78. The van der Waals surface area contributed by atoms with Crippen LogP contribution < -0.4 is 5.43 Å². The first-order valence-electron chi connectivity index (χ1n) is 5.60. The smallest absolute Gasteiger partial charge is 0.271 e. The molecular weight excluding hydrogens is 264 g/mol. The van der Waals surface area contributed by atoms with Gasteiger partial charge in [-0.25, -0.2) is 9.97 Å². The highest BCUT2D eigenvalue weighted by Gasteiger charge is 2.29. The third-order valence-electron chi connectivity index (χ3n) is 2.87. The molecule has 19 heavy (non-hydrogen) atoms. The molecule has 1 N–H and O–H groups in total. The summed E-state index contributed by atoms with van der Waals surface area (Å²) in [6.07, 6.45) is 2.71. The van der Waals surface area contributed by atoms with E-state index in [1.165, 1.54) is 23.7 Å². The van der Waals surface area contributed by atoms with Crippen LogP contribution in [-0.4, -0.2) is 26.8 Å². The second kappa shape index (κ2) is 4.13. The lowest BCUT2D eigenvalue weighted by molar-refractivity contribution is -0.135. The highest BCUT2D eigenvalue weighted by atomic mass is 32.1. The Morgan fingerprint density at radius 2 is 2.05 bits per heavy atom. The zero-order valence-electron chi connectivity index (χ0n) is 10.3. The van der Waals surface area contributed by atoms with E-state index in [1.54, 1.807) is 6.92 Å². The molecule has 1 aliphatic heterocycles. The molecule has 0 radical (unpaired) electrons. The van der Waals surface area contributed by atoms with Crippen LogP contribution >= 0.6 is 11.3 Å². The van der Waals surface area contributed by atoms with Crippen LogP contribution in [0, 0.1) is 6.92 Å². The van der Waals surface area contributed by atoms with Crippen molar-refractivity contribution in [1.29, 1.82) is 0 Å². The van der Waals surface area contributed by atoms with Crippen molar-refractivity contribution in [2.24, 2.45) is 0 Å². The minimum atomic E-state index is -0.387. The first kappa shape index (κ1) is 11.8. The van der Waals surface area contributed by atoms with Crippen molar-refractivity contribution >= 4 is 39.2 Å². The molecule has 2 amide bonds. The summed E-state index contributed by atoms with van der Waals surface area (Å²) in [5.74, 6) is -0.277. The lowest BCUT2D eigenvalue weighted by Gasteiger charge is -2.16. The first-order chi connectivity index (χ1) is 9.08. The molecule has 0 spiro atoms. The lowest BCUT2D eigenvalue weighted by atomic mass is 10.2. The summed E-state index contributed by atoms with van der Waals surface area (Å²) in [6.45, 7) is 3.54. The van der Waals surface area contributed by atoms with Gasteiger partial charge >= 0.3 is 0 Å². The van der Waals surface area contributed by atoms with E-state index in [9.17, 15) is 9.59 Å². The van der Waals surface area contributed by atoms with Crippen LogP contribution in [0.25, 0.3) is 10.2 Å². The van der Waals surface area contributed by atoms with Gasteiger partial charge in [-0.15, -0.1) is 11.3 Å². The molecule has 7 heteroatoms. The number of thiophene rings is 1. The van der Waals surface area contributed by atoms with E-state index < -0.39 is 0 Å². The maximum Gasteiger partial charge on any atom is 0.275 e. The Morgan fingerprint density at radius 3 is 2.74 bits per heavy atom. The Hall–Kier alpha value is -2.28. The number of anilines is 1. The normalized spacial score (nSPS) is 15.3. The zero-order chi connectivity index (χ0) is 13.6. The minimum Gasteiger partial charge on any atom is -0.271 e. The second-order valence-electron chi connectivity index (χ2n) is 4.24. The molecule has 0 saturated carbocycles. The number of aryl methyl sites for hydroxylation is 1. The van der Waals surface area contributed by atoms with Crippen LogP contribution in [0.1, 0.15) is 12.5 Å². The van der Waals surface area contributed by atoms with Gasteiger partial charge in [-0.05, 0) is 24.8 Å². The van der Waals surface area contributed by atoms with Gasteiger partial charge in [-0.2, -0.15) is 5.01 Å². The predicted octanol–water partition coefficient (Wildman–Crippen LogP) is 1.64. The fraction of sp³-hybridized carbons (Fsp3) is 0.167. The van der Waals surface area contributed by atoms with Crippen LogP contribution in [0.4, 0.5) is 5.82 Å². The molecule has 0 saturated heterocycles. The SMILES string of the molecule is CC1=CC(=O)N(Nc2ncnc3scc(C)c23)C1=O. The number of hydrogen-bond donors (Lipinski definition) is 1. The summed E-state index contributed by atoms with van der Waals surface area (Å²) in [5, 5.41) is 3.76. The standard InChI is InChI=1S/C12H10N4O2S/c1-6-3-8(17)16(12(6)18)15-10-9-7(2)4-19-11(9)14-5-13-10/h3-5H,1-2H3,(H,13,14,15). The van der Waals surface area contributed by atoms with Gasteiger partial charge in [0, 0.05) is 11.6 Å². The molecule has 0 aromatic carbocycles. The maximum atomic E-state index is 11.8. The summed E-state index contributed by atoms with van der Waals surface area (Å²) in [6, 6.07) is 0. The Kier molecular flexibility index (Phi) is 2.56. The van der Waals surface area contributed by atoms with Crippen molar-refractivity contribution in [3.63, 3.8) is 0 Å². The molecule has 0 unspecified atom stereocenters. The molecular formula is C12H10N4O2S. The van der Waals surface area contributed by atoms with Crippen molar-refractivity contribution in [1.82, 2.24) is 15.0 Å². The first-order valence-corrected chi connectivity index (χ1v) is 6.48. The number of amides is 2. The molecule has 2 aromatic heterocycles. The van der Waals surface area contributed by atoms with Crippen molar-refractivity contribution in [2.75, 3.05) is 5.43 Å². The van der Waals surface area contributed by atoms with E-state index in [4.69, 9.17) is 0 Å². The fourth-order valence-electron chi connectivity index (χ4n) is 1.90. The number of nitrogens with one attached hydrogen (secondary N) is 1. The number of nitrogens with zero attached hydrogens (tertiary/aromatic N) is 3. The molecule has 0 aliphatic carbocycles. The largest absolute Gasteiger partial charge is 0.275 e. The predicted molar refractivity (Wildman–Crippen MR) is 71.4 cm³/mol. The number of carbonyl (C=O) groups is 2. The van der Waals surface area contributed by atoms with Gasteiger partial charge in [0.25, 0.3) is 11.8 Å². The average molecular weight is 274 g/mol. The van der Waals surface area contributed by atoms with Crippen LogP contribution in [0.5, 0.6) is 0 Å². The third-order valence-corrected chi connectivity index (χ3v) is 3.88. The topological polar surface area (TPSA) is 75.2 Å². The quantitative estimate of drug-likeness (QED) is 0.843. The number of imide groups is 1. The summed E-state index contributed by atoms with van der Waals surface area (Å²) in [4.78, 5) is 32.6. The van der Waals surface area contributed by atoms with E-state index in [-0.39, 0.29) is 11.8 Å². The molecule has 2 aromatic rings. The Labute approximate surface area is 112 Å². The van der Waals surface area contributed by atoms with Crippen molar-refractivity contribution in [3.05, 3.63) is 28.9 Å². The van der Waals surface area contributed by atoms with Gasteiger partial charge in [-0.3, -0.25) is 15.0 Å². The van der Waals surface area contributed by atoms with Gasteiger partial charge in [-0.1, -0.05) is 0 Å². The van der Waals surface area contributed by atoms with Gasteiger partial charge < -0.3 is 0 Å². The van der Waals surface area contributed by atoms with E-state index in [0.29, 0.717) is 11.4 Å². The Morgan fingerprint density at radius 1 is 1.26 bits per heavy atom. The van der Waals surface area contributed by atoms with Crippen LogP contribution in [0.2, 0.25) is 0 Å². The lowest BCUT2D eigenvalue weighted by Crippen LogP contribution is -2.36. The van der Waals surface area contributed by atoms with Gasteiger partial charge in [0.2, 0.25) is 0 Å². The van der Waals surface area contributed by atoms with Crippen LogP contribution in [0.3, 0.4) is 0 Å². The Balaban J connectivity index is 2.01. The number of rotatable bonds is 2. The number of hydrogen-bond acceptors (Lipinski definition) is 6. The Bertz CT molecular complexity index is 734. The summed E-state index contributed by atoms with van der Waals surface area (Å²) in [7, 11) is 0. The van der Waals surface area contributed by atoms with Crippen LogP contribution in [-0.2, 0) is 9.59 Å². The summed E-state index contributed by atoms with van der Waals surface area (Å²) in [5.41, 5.74) is 4.19.